The molecule has 0 spiro atoms. The highest BCUT2D eigenvalue weighted by atomic mass is 79.9. The number of nitrogens with zero attached hydrogens (tertiary/aromatic N) is 1. The number of ether oxygens (including phenoxy) is 3. The van der Waals surface area contributed by atoms with E-state index < -0.39 is 46.8 Å². The number of urea groups is 1. The maximum absolute atomic E-state index is 13.3. The first-order chi connectivity index (χ1) is 18.9. The average molecular weight is 682 g/mol. The Morgan fingerprint density at radius 1 is 1.00 bits per heavy atom. The average Bonchev–Trinajstić information content (AvgIpc) is 3.36. The van der Waals surface area contributed by atoms with Gasteiger partial charge in [-0.05, 0) is 70.5 Å². The second-order valence-corrected chi connectivity index (χ2v) is 10.0. The Balaban J connectivity index is 1.52. The summed E-state index contributed by atoms with van der Waals surface area (Å²) < 4.78 is 56.5. The molecule has 0 saturated carbocycles. The molecule has 0 aromatic heterocycles. The minimum absolute atomic E-state index is 0.0000726. The normalized spacial score (nSPS) is 15.9. The summed E-state index contributed by atoms with van der Waals surface area (Å²) in [6.45, 7) is -0.0000726. The highest BCUT2D eigenvalue weighted by Gasteiger charge is 2.38. The fourth-order valence-electron chi connectivity index (χ4n) is 3.84. The number of barbiturate groups is 1. The molecule has 4 amide bonds. The van der Waals surface area contributed by atoms with Crippen LogP contribution in [0.25, 0.3) is 6.08 Å². The molecule has 0 bridgehead atoms. The topological polar surface area (TPSA) is 111 Å². The number of esters is 1. The maximum Gasteiger partial charge on any atom is 0.416 e. The van der Waals surface area contributed by atoms with Crippen molar-refractivity contribution in [3.05, 3.63) is 85.8 Å². The Kier molecular flexibility index (Phi) is 7.14. The van der Waals surface area contributed by atoms with E-state index in [0.717, 1.165) is 24.3 Å². The zero-order chi connectivity index (χ0) is 28.8. The van der Waals surface area contributed by atoms with Gasteiger partial charge in [0.15, 0.2) is 17.2 Å². The van der Waals surface area contributed by atoms with E-state index in [-0.39, 0.29) is 28.1 Å². The van der Waals surface area contributed by atoms with Crippen molar-refractivity contribution >= 4 is 67.4 Å². The molecule has 5 rings (SSSR count). The summed E-state index contributed by atoms with van der Waals surface area (Å²) in [5, 5.41) is 1.95. The molecule has 0 atom stereocenters. The van der Waals surface area contributed by atoms with Crippen LogP contribution >= 0.6 is 31.9 Å². The Labute approximate surface area is 239 Å². The third-order valence-corrected chi connectivity index (χ3v) is 6.72. The molecule has 3 aromatic rings. The van der Waals surface area contributed by atoms with Gasteiger partial charge in [-0.1, -0.05) is 22.0 Å². The van der Waals surface area contributed by atoms with Gasteiger partial charge in [0.05, 0.1) is 21.3 Å². The monoisotopic (exact) mass is 680 g/mol. The molecule has 3 aromatic carbocycles. The molecule has 2 heterocycles. The van der Waals surface area contributed by atoms with Crippen LogP contribution in [-0.4, -0.2) is 30.6 Å². The van der Waals surface area contributed by atoms with Crippen molar-refractivity contribution in [2.24, 2.45) is 0 Å². The first kappa shape index (κ1) is 27.4. The fourth-order valence-corrected chi connectivity index (χ4v) is 5.18. The molecular formula is C26H13Br2F3N2O7. The van der Waals surface area contributed by atoms with Crippen LogP contribution in [0.3, 0.4) is 0 Å². The minimum atomic E-state index is -4.74. The lowest BCUT2D eigenvalue weighted by Gasteiger charge is -2.27. The fraction of sp³-hybridized carbons (Fsp3) is 0.0769. The summed E-state index contributed by atoms with van der Waals surface area (Å²) in [6, 6.07) is 9.70. The number of carbonyl (C=O) groups is 4. The van der Waals surface area contributed by atoms with Crippen LogP contribution in [-0.2, 0) is 15.8 Å². The number of hydrogen-bond donors (Lipinski definition) is 1. The highest BCUT2D eigenvalue weighted by Crippen LogP contribution is 2.38. The number of amides is 4. The standard InChI is InChI=1S/C26H13Br2F3N2O7/c27-15-6-13(21(18(28)10-15)40-24(36)12-4-5-19-20(8-12)39-11-38-19)7-17-22(34)32-25(37)33(23(17)35)16-3-1-2-14(9-16)26(29,30)31/h1-10H,11H2,(H,32,34,37)/b17-7-. The van der Waals surface area contributed by atoms with Gasteiger partial charge < -0.3 is 14.2 Å². The van der Waals surface area contributed by atoms with E-state index in [0.29, 0.717) is 26.9 Å². The second-order valence-electron chi connectivity index (χ2n) is 8.27. The van der Waals surface area contributed by atoms with Gasteiger partial charge in [0.1, 0.15) is 5.57 Å². The predicted molar refractivity (Wildman–Crippen MR) is 140 cm³/mol. The smallest absolute Gasteiger partial charge is 0.416 e. The molecular weight excluding hydrogens is 669 g/mol. The number of hydrogen-bond acceptors (Lipinski definition) is 7. The van der Waals surface area contributed by atoms with Crippen LogP contribution < -0.4 is 24.4 Å². The number of benzene rings is 3. The first-order valence-corrected chi connectivity index (χ1v) is 12.7. The predicted octanol–water partition coefficient (Wildman–Crippen LogP) is 5.84. The first-order valence-electron chi connectivity index (χ1n) is 11.1. The third kappa shape index (κ3) is 5.31. The van der Waals surface area contributed by atoms with Crippen LogP contribution in [0.4, 0.5) is 23.7 Å². The summed E-state index contributed by atoms with van der Waals surface area (Å²) in [7, 11) is 0. The van der Waals surface area contributed by atoms with Crippen molar-refractivity contribution in [3.63, 3.8) is 0 Å². The van der Waals surface area contributed by atoms with Gasteiger partial charge >= 0.3 is 18.2 Å². The molecule has 0 unspecified atom stereocenters. The Bertz CT molecular complexity index is 1640. The maximum atomic E-state index is 13.3. The summed E-state index contributed by atoms with van der Waals surface area (Å²) >= 11 is 6.58. The van der Waals surface area contributed by atoms with Crippen molar-refractivity contribution in [1.29, 1.82) is 0 Å². The van der Waals surface area contributed by atoms with Crippen molar-refractivity contribution < 1.29 is 46.6 Å². The number of imide groups is 2. The summed E-state index contributed by atoms with van der Waals surface area (Å²) in [5.74, 6) is -2.37. The van der Waals surface area contributed by atoms with Gasteiger partial charge in [0, 0.05) is 10.0 Å². The molecule has 0 radical (unpaired) electrons. The number of halogens is 5. The summed E-state index contributed by atoms with van der Waals surface area (Å²) in [5.41, 5.74) is -1.91. The number of nitrogens with one attached hydrogen (secondary N) is 1. The number of anilines is 1. The zero-order valence-electron chi connectivity index (χ0n) is 19.7. The highest BCUT2D eigenvalue weighted by molar-refractivity contribution is 9.11. The van der Waals surface area contributed by atoms with Gasteiger partial charge in [0.25, 0.3) is 11.8 Å². The molecule has 2 aliphatic heterocycles. The lowest BCUT2D eigenvalue weighted by Crippen LogP contribution is -2.54. The lowest BCUT2D eigenvalue weighted by atomic mass is 10.1. The van der Waals surface area contributed by atoms with Gasteiger partial charge in [0.2, 0.25) is 6.79 Å². The lowest BCUT2D eigenvalue weighted by molar-refractivity contribution is -0.137. The molecule has 1 N–H and O–H groups in total. The van der Waals surface area contributed by atoms with Crippen molar-refractivity contribution in [1.82, 2.24) is 5.32 Å². The Hall–Kier alpha value is -4.17. The molecule has 40 heavy (non-hydrogen) atoms. The van der Waals surface area contributed by atoms with E-state index in [2.05, 4.69) is 31.9 Å². The number of alkyl halides is 3. The van der Waals surface area contributed by atoms with Crippen LogP contribution in [0.2, 0.25) is 0 Å². The molecule has 1 fully saturated rings. The minimum Gasteiger partial charge on any atom is -0.454 e. The van der Waals surface area contributed by atoms with Crippen LogP contribution in [0, 0.1) is 0 Å². The number of rotatable bonds is 4. The quantitative estimate of drug-likeness (QED) is 0.159. The van der Waals surface area contributed by atoms with Gasteiger partial charge in [-0.3, -0.25) is 14.9 Å². The van der Waals surface area contributed by atoms with E-state index in [4.69, 9.17) is 14.2 Å². The van der Waals surface area contributed by atoms with Crippen molar-refractivity contribution in [3.8, 4) is 17.2 Å². The number of fused-ring (bicyclic) bond motifs is 1. The zero-order valence-corrected chi connectivity index (χ0v) is 22.8. The van der Waals surface area contributed by atoms with Crippen LogP contribution in [0.1, 0.15) is 21.5 Å². The van der Waals surface area contributed by atoms with Gasteiger partial charge in [-0.15, -0.1) is 0 Å². The van der Waals surface area contributed by atoms with Crippen LogP contribution in [0.15, 0.2) is 69.1 Å². The summed E-state index contributed by atoms with van der Waals surface area (Å²) in [6.07, 6.45) is -3.68. The van der Waals surface area contributed by atoms with E-state index >= 15 is 0 Å². The van der Waals surface area contributed by atoms with Crippen LogP contribution in [0.5, 0.6) is 17.2 Å². The largest absolute Gasteiger partial charge is 0.454 e. The molecule has 1 saturated heterocycles. The molecule has 2 aliphatic rings. The molecule has 14 heteroatoms. The third-order valence-electron chi connectivity index (χ3n) is 5.67. The van der Waals surface area contributed by atoms with Crippen molar-refractivity contribution in [2.75, 3.05) is 11.7 Å². The number of carbonyl (C=O) groups excluding carboxylic acids is 4. The van der Waals surface area contributed by atoms with E-state index in [1.807, 2.05) is 5.32 Å². The summed E-state index contributed by atoms with van der Waals surface area (Å²) in [4.78, 5) is 51.8. The Morgan fingerprint density at radius 2 is 1.75 bits per heavy atom. The van der Waals surface area contributed by atoms with Gasteiger partial charge in [-0.2, -0.15) is 13.2 Å². The van der Waals surface area contributed by atoms with E-state index in [1.165, 1.54) is 24.3 Å². The molecule has 9 nitrogen and oxygen atoms in total. The molecule has 204 valence electrons. The van der Waals surface area contributed by atoms with E-state index in [1.54, 1.807) is 6.07 Å². The second kappa shape index (κ2) is 10.4. The van der Waals surface area contributed by atoms with Gasteiger partial charge in [-0.25, -0.2) is 14.5 Å². The van der Waals surface area contributed by atoms with Crippen molar-refractivity contribution in [2.45, 2.75) is 6.18 Å². The van der Waals surface area contributed by atoms with E-state index in [9.17, 15) is 32.3 Å². The SMILES string of the molecule is O=C1NC(=O)N(c2cccc(C(F)(F)F)c2)C(=O)/C1=C\c1cc(Br)cc(Br)c1OC(=O)c1ccc2c(c1)OCO2. The molecule has 0 aliphatic carbocycles. The Morgan fingerprint density at radius 3 is 2.50 bits per heavy atom.